The van der Waals surface area contributed by atoms with Crippen molar-refractivity contribution in [1.82, 2.24) is 20.2 Å². The minimum atomic E-state index is 0.484. The number of aromatic nitrogens is 4. The summed E-state index contributed by atoms with van der Waals surface area (Å²) in [6, 6.07) is 0.484. The first-order valence-electron chi connectivity index (χ1n) is 5.88. The van der Waals surface area contributed by atoms with Crippen LogP contribution in [0.3, 0.4) is 0 Å². The highest BCUT2D eigenvalue weighted by atomic mass is 15.6. The van der Waals surface area contributed by atoms with Gasteiger partial charge < -0.3 is 5.73 Å². The molecule has 0 radical (unpaired) electrons. The van der Waals surface area contributed by atoms with Crippen molar-refractivity contribution < 1.29 is 0 Å². The molecule has 0 aromatic carbocycles. The van der Waals surface area contributed by atoms with Gasteiger partial charge in [-0.1, -0.05) is 19.3 Å². The lowest BCUT2D eigenvalue weighted by Crippen LogP contribution is -2.15. The molecular formula is C10H19N5. The quantitative estimate of drug-likeness (QED) is 0.805. The molecule has 1 heterocycles. The van der Waals surface area contributed by atoms with Crippen LogP contribution in [0.1, 0.15) is 50.4 Å². The smallest absolute Gasteiger partial charge is 0.174 e. The first-order valence-corrected chi connectivity index (χ1v) is 5.88. The summed E-state index contributed by atoms with van der Waals surface area (Å²) in [6.45, 7) is 0.692. The normalized spacial score (nSPS) is 18.2. The average molecular weight is 209 g/mol. The first kappa shape index (κ1) is 10.5. The molecule has 0 atom stereocenters. The van der Waals surface area contributed by atoms with Gasteiger partial charge in [0, 0.05) is 6.42 Å². The van der Waals surface area contributed by atoms with Crippen LogP contribution in [0.4, 0.5) is 0 Å². The van der Waals surface area contributed by atoms with Gasteiger partial charge in [-0.25, -0.2) is 0 Å². The van der Waals surface area contributed by atoms with E-state index in [4.69, 9.17) is 5.73 Å². The number of nitrogens with two attached hydrogens (primary N) is 1. The summed E-state index contributed by atoms with van der Waals surface area (Å²) in [5.74, 6) is 0.839. The Hall–Kier alpha value is -0.970. The van der Waals surface area contributed by atoms with Crippen LogP contribution in [-0.2, 0) is 6.42 Å². The van der Waals surface area contributed by atoms with E-state index in [9.17, 15) is 0 Å². The SMILES string of the molecule is NCCCc1nnn(C2CCCCC2)n1. The third kappa shape index (κ3) is 2.75. The van der Waals surface area contributed by atoms with Crippen molar-refractivity contribution in [3.63, 3.8) is 0 Å². The molecule has 0 amide bonds. The lowest BCUT2D eigenvalue weighted by atomic mass is 9.96. The second-order valence-corrected chi connectivity index (χ2v) is 4.21. The maximum absolute atomic E-state index is 5.44. The van der Waals surface area contributed by atoms with E-state index in [-0.39, 0.29) is 0 Å². The first-order chi connectivity index (χ1) is 7.40. The highest BCUT2D eigenvalue weighted by Gasteiger charge is 2.17. The molecule has 0 unspecified atom stereocenters. The van der Waals surface area contributed by atoms with Crippen LogP contribution >= 0.6 is 0 Å². The van der Waals surface area contributed by atoms with Crippen molar-refractivity contribution in [1.29, 1.82) is 0 Å². The van der Waals surface area contributed by atoms with E-state index in [1.165, 1.54) is 32.1 Å². The van der Waals surface area contributed by atoms with Gasteiger partial charge in [0.05, 0.1) is 6.04 Å². The summed E-state index contributed by atoms with van der Waals surface area (Å²) in [7, 11) is 0. The van der Waals surface area contributed by atoms with Crippen LogP contribution in [0.15, 0.2) is 0 Å². The largest absolute Gasteiger partial charge is 0.330 e. The fraction of sp³-hybridized carbons (Fsp3) is 0.900. The number of hydrogen-bond acceptors (Lipinski definition) is 4. The molecule has 0 aliphatic heterocycles. The van der Waals surface area contributed by atoms with E-state index >= 15 is 0 Å². The second kappa shape index (κ2) is 5.21. The van der Waals surface area contributed by atoms with E-state index in [2.05, 4.69) is 15.4 Å². The molecule has 1 saturated carbocycles. The summed E-state index contributed by atoms with van der Waals surface area (Å²) >= 11 is 0. The zero-order valence-electron chi connectivity index (χ0n) is 9.10. The molecule has 5 heteroatoms. The topological polar surface area (TPSA) is 69.6 Å². The van der Waals surface area contributed by atoms with Crippen molar-refractivity contribution in [3.05, 3.63) is 5.82 Å². The van der Waals surface area contributed by atoms with E-state index in [0.717, 1.165) is 18.7 Å². The van der Waals surface area contributed by atoms with Crippen LogP contribution in [-0.4, -0.2) is 26.8 Å². The van der Waals surface area contributed by atoms with E-state index in [1.54, 1.807) is 0 Å². The van der Waals surface area contributed by atoms with Gasteiger partial charge in [-0.15, -0.1) is 10.2 Å². The van der Waals surface area contributed by atoms with Crippen LogP contribution < -0.4 is 5.73 Å². The Morgan fingerprint density at radius 1 is 1.27 bits per heavy atom. The predicted molar refractivity (Wildman–Crippen MR) is 57.3 cm³/mol. The Morgan fingerprint density at radius 2 is 2.07 bits per heavy atom. The Bertz CT molecular complexity index is 290. The summed E-state index contributed by atoms with van der Waals surface area (Å²) < 4.78 is 0. The minimum Gasteiger partial charge on any atom is -0.330 e. The zero-order valence-corrected chi connectivity index (χ0v) is 9.10. The Labute approximate surface area is 90.0 Å². The van der Waals surface area contributed by atoms with Crippen molar-refractivity contribution >= 4 is 0 Å². The molecule has 0 spiro atoms. The van der Waals surface area contributed by atoms with Gasteiger partial charge in [0.15, 0.2) is 5.82 Å². The highest BCUT2D eigenvalue weighted by molar-refractivity contribution is 4.79. The van der Waals surface area contributed by atoms with Crippen LogP contribution in [0.5, 0.6) is 0 Å². The summed E-state index contributed by atoms with van der Waals surface area (Å²) in [5.41, 5.74) is 5.44. The Morgan fingerprint density at radius 3 is 2.80 bits per heavy atom. The fourth-order valence-electron chi connectivity index (χ4n) is 2.08. The summed E-state index contributed by atoms with van der Waals surface area (Å²) in [6.07, 6.45) is 8.14. The summed E-state index contributed by atoms with van der Waals surface area (Å²) in [5, 5.41) is 12.6. The molecule has 1 aliphatic rings. The van der Waals surface area contributed by atoms with Gasteiger partial charge in [0.25, 0.3) is 0 Å². The molecule has 1 fully saturated rings. The lowest BCUT2D eigenvalue weighted by molar-refractivity contribution is 0.296. The Balaban J connectivity index is 1.93. The molecule has 0 saturated heterocycles. The number of nitrogens with zero attached hydrogens (tertiary/aromatic N) is 4. The number of hydrogen-bond donors (Lipinski definition) is 1. The number of rotatable bonds is 4. The molecule has 84 valence electrons. The van der Waals surface area contributed by atoms with Gasteiger partial charge in [-0.05, 0) is 31.0 Å². The molecule has 5 nitrogen and oxygen atoms in total. The average Bonchev–Trinajstić information content (AvgIpc) is 2.76. The monoisotopic (exact) mass is 209 g/mol. The molecule has 15 heavy (non-hydrogen) atoms. The molecule has 2 N–H and O–H groups in total. The minimum absolute atomic E-state index is 0.484. The third-order valence-electron chi connectivity index (χ3n) is 2.98. The molecule has 1 aromatic rings. The molecule has 0 bridgehead atoms. The van der Waals surface area contributed by atoms with Gasteiger partial charge >= 0.3 is 0 Å². The lowest BCUT2D eigenvalue weighted by Gasteiger charge is -2.19. The molecule has 1 aromatic heterocycles. The molecular weight excluding hydrogens is 190 g/mol. The van der Waals surface area contributed by atoms with E-state index < -0.39 is 0 Å². The standard InChI is InChI=1S/C10H19N5/c11-8-4-7-10-12-14-15(13-10)9-5-2-1-3-6-9/h9H,1-8,11H2. The fourth-order valence-corrected chi connectivity index (χ4v) is 2.08. The third-order valence-corrected chi connectivity index (χ3v) is 2.98. The van der Waals surface area contributed by atoms with E-state index in [1.807, 2.05) is 4.80 Å². The van der Waals surface area contributed by atoms with E-state index in [0.29, 0.717) is 12.6 Å². The number of tetrazole rings is 1. The summed E-state index contributed by atoms with van der Waals surface area (Å²) in [4.78, 5) is 1.81. The van der Waals surface area contributed by atoms with Crippen LogP contribution in [0.2, 0.25) is 0 Å². The van der Waals surface area contributed by atoms with Crippen LogP contribution in [0.25, 0.3) is 0 Å². The van der Waals surface area contributed by atoms with Crippen molar-refractivity contribution in [2.45, 2.75) is 51.0 Å². The predicted octanol–water partition coefficient (Wildman–Crippen LogP) is 1.07. The molecule has 2 rings (SSSR count). The number of aryl methyl sites for hydroxylation is 1. The maximum atomic E-state index is 5.44. The molecule has 1 aliphatic carbocycles. The van der Waals surface area contributed by atoms with Gasteiger partial charge in [-0.3, -0.25) is 0 Å². The second-order valence-electron chi connectivity index (χ2n) is 4.21. The van der Waals surface area contributed by atoms with Crippen LogP contribution in [0, 0.1) is 0 Å². The van der Waals surface area contributed by atoms with Crippen molar-refractivity contribution in [2.75, 3.05) is 6.54 Å². The van der Waals surface area contributed by atoms with Crippen molar-refractivity contribution in [2.24, 2.45) is 5.73 Å². The maximum Gasteiger partial charge on any atom is 0.174 e. The van der Waals surface area contributed by atoms with Gasteiger partial charge in [0.2, 0.25) is 0 Å². The Kier molecular flexibility index (Phi) is 3.66. The highest BCUT2D eigenvalue weighted by Crippen LogP contribution is 2.26. The van der Waals surface area contributed by atoms with Gasteiger partial charge in [-0.2, -0.15) is 4.80 Å². The zero-order chi connectivity index (χ0) is 10.5. The van der Waals surface area contributed by atoms with Crippen molar-refractivity contribution in [3.8, 4) is 0 Å². The van der Waals surface area contributed by atoms with Gasteiger partial charge in [0.1, 0.15) is 0 Å².